The van der Waals surface area contributed by atoms with E-state index in [4.69, 9.17) is 16.3 Å². The summed E-state index contributed by atoms with van der Waals surface area (Å²) in [5.41, 5.74) is 3.11. The van der Waals surface area contributed by atoms with Crippen LogP contribution in [0.2, 0.25) is 5.02 Å². The minimum atomic E-state index is -0.145. The van der Waals surface area contributed by atoms with E-state index in [0.29, 0.717) is 35.2 Å². The van der Waals surface area contributed by atoms with Gasteiger partial charge in [0.2, 0.25) is 5.91 Å². The zero-order valence-electron chi connectivity index (χ0n) is 18.3. The molecule has 4 rings (SSSR count). The Bertz CT molecular complexity index is 1310. The van der Waals surface area contributed by atoms with E-state index in [9.17, 15) is 9.59 Å². The first-order valence-corrected chi connectivity index (χ1v) is 12.7. The summed E-state index contributed by atoms with van der Waals surface area (Å²) in [5.74, 6) is 0.734. The van der Waals surface area contributed by atoms with Crippen molar-refractivity contribution in [2.45, 2.75) is 11.3 Å². The van der Waals surface area contributed by atoms with Gasteiger partial charge in [0.1, 0.15) is 12.4 Å². The molecule has 0 radical (unpaired) electrons. The molecule has 0 fully saturated rings. The molecule has 0 saturated carbocycles. The number of hydrogen-bond donors (Lipinski definition) is 2. The van der Waals surface area contributed by atoms with Crippen molar-refractivity contribution >= 4 is 62.4 Å². The van der Waals surface area contributed by atoms with Crippen LogP contribution in [-0.4, -0.2) is 35.7 Å². The highest BCUT2D eigenvalue weighted by Gasteiger charge is 2.11. The number of halogens is 1. The molecule has 1 aromatic heterocycles. The van der Waals surface area contributed by atoms with Crippen LogP contribution in [0.4, 0.5) is 5.69 Å². The lowest BCUT2D eigenvalue weighted by Gasteiger charge is -2.07. The monoisotopic (exact) mass is 511 g/mol. The van der Waals surface area contributed by atoms with Crippen LogP contribution < -0.4 is 15.4 Å². The Morgan fingerprint density at radius 1 is 1.09 bits per heavy atom. The molecule has 2 N–H and O–H groups in total. The number of hydrogen-bond acceptors (Lipinski definition) is 6. The molecular formula is C25H22ClN3O3S2. The zero-order valence-corrected chi connectivity index (χ0v) is 20.7. The van der Waals surface area contributed by atoms with E-state index >= 15 is 0 Å². The summed E-state index contributed by atoms with van der Waals surface area (Å²) in [6.45, 7) is 2.69. The van der Waals surface area contributed by atoms with Gasteiger partial charge in [0.15, 0.2) is 4.34 Å². The van der Waals surface area contributed by atoms with Crippen LogP contribution in [0.25, 0.3) is 10.2 Å². The largest absolute Gasteiger partial charge is 0.492 e. The van der Waals surface area contributed by atoms with Crippen molar-refractivity contribution in [2.24, 2.45) is 0 Å². The number of ether oxygens (including phenoxy) is 1. The molecule has 34 heavy (non-hydrogen) atoms. The molecule has 2 amide bonds. The fraction of sp³-hybridized carbons (Fsp3) is 0.160. The number of aromatic nitrogens is 1. The Balaban J connectivity index is 1.25. The van der Waals surface area contributed by atoms with E-state index in [-0.39, 0.29) is 17.6 Å². The van der Waals surface area contributed by atoms with Gasteiger partial charge >= 0.3 is 0 Å². The van der Waals surface area contributed by atoms with E-state index in [1.165, 1.54) is 23.1 Å². The number of nitrogens with zero attached hydrogens (tertiary/aromatic N) is 1. The summed E-state index contributed by atoms with van der Waals surface area (Å²) >= 11 is 8.72. The molecular weight excluding hydrogens is 490 g/mol. The highest BCUT2D eigenvalue weighted by molar-refractivity contribution is 8.01. The minimum absolute atomic E-state index is 0.0878. The summed E-state index contributed by atoms with van der Waals surface area (Å²) in [6.07, 6.45) is 0. The SMILES string of the molecule is Cc1ccccc1C(=O)Nc1ccc2nc(SCC(=O)NCCOc3ccc(Cl)cc3)sc2c1. The Labute approximate surface area is 210 Å². The second kappa shape index (κ2) is 11.4. The number of carbonyl (C=O) groups excluding carboxylic acids is 2. The van der Waals surface area contributed by atoms with Crippen LogP contribution in [0.15, 0.2) is 71.1 Å². The molecule has 0 aliphatic heterocycles. The summed E-state index contributed by atoms with van der Waals surface area (Å²) < 4.78 is 7.31. The fourth-order valence-corrected chi connectivity index (χ4v) is 5.20. The first-order valence-electron chi connectivity index (χ1n) is 10.5. The van der Waals surface area contributed by atoms with Gasteiger partial charge in [-0.25, -0.2) is 4.98 Å². The van der Waals surface area contributed by atoms with Crippen LogP contribution in [0, 0.1) is 6.92 Å². The highest BCUT2D eigenvalue weighted by atomic mass is 35.5. The summed E-state index contributed by atoms with van der Waals surface area (Å²) in [4.78, 5) is 29.3. The molecule has 1 heterocycles. The molecule has 0 unspecified atom stereocenters. The van der Waals surface area contributed by atoms with E-state index in [2.05, 4.69) is 15.6 Å². The summed E-state index contributed by atoms with van der Waals surface area (Å²) in [6, 6.07) is 20.2. The van der Waals surface area contributed by atoms with E-state index < -0.39 is 0 Å². The Kier molecular flexibility index (Phi) is 8.05. The number of rotatable bonds is 9. The highest BCUT2D eigenvalue weighted by Crippen LogP contribution is 2.31. The second-order valence-corrected chi connectivity index (χ2v) is 10.1. The molecule has 3 aromatic carbocycles. The van der Waals surface area contributed by atoms with Crippen molar-refractivity contribution in [1.29, 1.82) is 0 Å². The molecule has 174 valence electrons. The second-order valence-electron chi connectivity index (χ2n) is 7.37. The predicted octanol–water partition coefficient (Wildman–Crippen LogP) is 5.80. The van der Waals surface area contributed by atoms with Crippen LogP contribution in [0.1, 0.15) is 15.9 Å². The van der Waals surface area contributed by atoms with Gasteiger partial charge in [-0.2, -0.15) is 0 Å². The van der Waals surface area contributed by atoms with Crippen molar-refractivity contribution in [1.82, 2.24) is 10.3 Å². The number of amides is 2. The Hall–Kier alpha value is -3.07. The third kappa shape index (κ3) is 6.50. The molecule has 0 bridgehead atoms. The first-order chi connectivity index (χ1) is 16.5. The summed E-state index contributed by atoms with van der Waals surface area (Å²) in [5, 5.41) is 6.43. The first kappa shape index (κ1) is 24.1. The van der Waals surface area contributed by atoms with Crippen molar-refractivity contribution in [3.63, 3.8) is 0 Å². The topological polar surface area (TPSA) is 80.3 Å². The third-order valence-corrected chi connectivity index (χ3v) is 7.26. The average molecular weight is 512 g/mol. The smallest absolute Gasteiger partial charge is 0.255 e. The van der Waals surface area contributed by atoms with E-state index in [1.54, 1.807) is 30.3 Å². The molecule has 4 aromatic rings. The van der Waals surface area contributed by atoms with Gasteiger partial charge in [0.25, 0.3) is 5.91 Å². The van der Waals surface area contributed by atoms with Crippen LogP contribution in [-0.2, 0) is 4.79 Å². The lowest BCUT2D eigenvalue weighted by atomic mass is 10.1. The number of thiazole rings is 1. The molecule has 9 heteroatoms. The van der Waals surface area contributed by atoms with Crippen molar-refractivity contribution < 1.29 is 14.3 Å². The number of anilines is 1. The minimum Gasteiger partial charge on any atom is -0.492 e. The van der Waals surface area contributed by atoms with Gasteiger partial charge in [-0.3, -0.25) is 9.59 Å². The standard InChI is InChI=1S/C25H22ClN3O3S2/c1-16-4-2-3-5-20(16)24(31)28-18-8-11-21-22(14-18)34-25(29-21)33-15-23(30)27-12-13-32-19-9-6-17(26)7-10-19/h2-11,14H,12-13,15H2,1H3,(H,27,30)(H,28,31). The lowest BCUT2D eigenvalue weighted by molar-refractivity contribution is -0.118. The third-order valence-electron chi connectivity index (χ3n) is 4.85. The normalized spacial score (nSPS) is 10.8. The number of thioether (sulfide) groups is 1. The molecule has 0 aliphatic carbocycles. The number of carbonyl (C=O) groups is 2. The molecule has 0 atom stereocenters. The zero-order chi connectivity index (χ0) is 23.9. The maximum Gasteiger partial charge on any atom is 0.255 e. The fourth-order valence-electron chi connectivity index (χ4n) is 3.14. The Morgan fingerprint density at radius 3 is 2.68 bits per heavy atom. The van der Waals surface area contributed by atoms with E-state index in [0.717, 1.165) is 20.1 Å². The maximum absolute atomic E-state index is 12.6. The van der Waals surface area contributed by atoms with Crippen molar-refractivity contribution in [2.75, 3.05) is 24.2 Å². The maximum atomic E-state index is 12.6. The van der Waals surface area contributed by atoms with Gasteiger partial charge in [-0.05, 0) is 61.0 Å². The van der Waals surface area contributed by atoms with Crippen molar-refractivity contribution in [3.8, 4) is 5.75 Å². The number of benzene rings is 3. The Morgan fingerprint density at radius 2 is 1.88 bits per heavy atom. The predicted molar refractivity (Wildman–Crippen MR) is 139 cm³/mol. The van der Waals surface area contributed by atoms with Crippen LogP contribution >= 0.6 is 34.7 Å². The number of aryl methyl sites for hydroxylation is 1. The summed E-state index contributed by atoms with van der Waals surface area (Å²) in [7, 11) is 0. The van der Waals surface area contributed by atoms with Crippen LogP contribution in [0.3, 0.4) is 0 Å². The quantitative estimate of drug-likeness (QED) is 0.219. The number of nitrogens with one attached hydrogen (secondary N) is 2. The van der Waals surface area contributed by atoms with Gasteiger partial charge < -0.3 is 15.4 Å². The van der Waals surface area contributed by atoms with Gasteiger partial charge in [-0.15, -0.1) is 11.3 Å². The molecule has 0 aliphatic rings. The van der Waals surface area contributed by atoms with Gasteiger partial charge in [0.05, 0.1) is 22.5 Å². The number of fused-ring (bicyclic) bond motifs is 1. The average Bonchev–Trinajstić information content (AvgIpc) is 3.24. The molecule has 0 saturated heterocycles. The molecule has 6 nitrogen and oxygen atoms in total. The lowest BCUT2D eigenvalue weighted by Crippen LogP contribution is -2.29. The van der Waals surface area contributed by atoms with Crippen LogP contribution in [0.5, 0.6) is 5.75 Å². The molecule has 0 spiro atoms. The van der Waals surface area contributed by atoms with Crippen molar-refractivity contribution in [3.05, 3.63) is 82.9 Å². The van der Waals surface area contributed by atoms with E-state index in [1.807, 2.05) is 43.3 Å². The van der Waals surface area contributed by atoms with Gasteiger partial charge in [-0.1, -0.05) is 41.6 Å². The van der Waals surface area contributed by atoms with Gasteiger partial charge in [0, 0.05) is 16.3 Å².